The van der Waals surface area contributed by atoms with Gasteiger partial charge in [0.15, 0.2) is 0 Å². The molecule has 1 aliphatic carbocycles. The number of aryl methyl sites for hydroxylation is 1. The van der Waals surface area contributed by atoms with Crippen molar-refractivity contribution in [3.05, 3.63) is 29.8 Å². The van der Waals surface area contributed by atoms with Gasteiger partial charge < -0.3 is 11.1 Å². The Morgan fingerprint density at radius 2 is 2.19 bits per heavy atom. The topological polar surface area (TPSA) is 38.0 Å². The molecular formula is C14H22N2. The predicted octanol–water partition coefficient (Wildman–Crippen LogP) is 2.92. The van der Waals surface area contributed by atoms with Gasteiger partial charge in [0, 0.05) is 12.2 Å². The van der Waals surface area contributed by atoms with Crippen molar-refractivity contribution in [3.8, 4) is 0 Å². The zero-order valence-electron chi connectivity index (χ0n) is 10.3. The first kappa shape index (κ1) is 11.5. The van der Waals surface area contributed by atoms with E-state index in [0.717, 1.165) is 6.54 Å². The lowest BCUT2D eigenvalue weighted by molar-refractivity contribution is 0.381. The highest BCUT2D eigenvalue weighted by Crippen LogP contribution is 2.37. The molecular weight excluding hydrogens is 196 g/mol. The Morgan fingerprint density at radius 3 is 2.75 bits per heavy atom. The van der Waals surface area contributed by atoms with Gasteiger partial charge in [-0.05, 0) is 37.3 Å². The monoisotopic (exact) mass is 218 g/mol. The molecule has 2 atom stereocenters. The first-order valence-electron chi connectivity index (χ1n) is 6.22. The van der Waals surface area contributed by atoms with Gasteiger partial charge in [-0.15, -0.1) is 0 Å². The van der Waals surface area contributed by atoms with Crippen molar-refractivity contribution in [1.29, 1.82) is 0 Å². The highest BCUT2D eigenvalue weighted by molar-refractivity contribution is 5.52. The molecule has 88 valence electrons. The van der Waals surface area contributed by atoms with Crippen LogP contribution in [0.3, 0.4) is 0 Å². The fourth-order valence-electron chi connectivity index (χ4n) is 2.77. The van der Waals surface area contributed by atoms with E-state index < -0.39 is 0 Å². The SMILES string of the molecule is Cc1ccccc1NC1(CN)CCCC1C. The van der Waals surface area contributed by atoms with E-state index in [1.165, 1.54) is 30.5 Å². The minimum atomic E-state index is 0.117. The molecule has 1 aliphatic rings. The minimum absolute atomic E-state index is 0.117. The van der Waals surface area contributed by atoms with Gasteiger partial charge >= 0.3 is 0 Å². The van der Waals surface area contributed by atoms with E-state index in [1.807, 2.05) is 0 Å². The summed E-state index contributed by atoms with van der Waals surface area (Å²) in [5.41, 5.74) is 8.65. The molecule has 0 bridgehead atoms. The van der Waals surface area contributed by atoms with Crippen molar-refractivity contribution in [2.75, 3.05) is 11.9 Å². The van der Waals surface area contributed by atoms with E-state index in [-0.39, 0.29) is 5.54 Å². The molecule has 0 radical (unpaired) electrons. The van der Waals surface area contributed by atoms with Crippen LogP contribution < -0.4 is 11.1 Å². The predicted molar refractivity (Wildman–Crippen MR) is 69.6 cm³/mol. The molecule has 1 fully saturated rings. The highest BCUT2D eigenvalue weighted by Gasteiger charge is 2.38. The van der Waals surface area contributed by atoms with Crippen LogP contribution in [0.5, 0.6) is 0 Å². The molecule has 0 heterocycles. The molecule has 2 rings (SSSR count). The van der Waals surface area contributed by atoms with Crippen LogP contribution in [0.2, 0.25) is 0 Å². The van der Waals surface area contributed by atoms with Crippen LogP contribution in [-0.4, -0.2) is 12.1 Å². The molecule has 1 aromatic carbocycles. The summed E-state index contributed by atoms with van der Waals surface area (Å²) in [7, 11) is 0. The van der Waals surface area contributed by atoms with E-state index in [2.05, 4.69) is 43.4 Å². The van der Waals surface area contributed by atoms with Crippen molar-refractivity contribution in [3.63, 3.8) is 0 Å². The van der Waals surface area contributed by atoms with E-state index in [9.17, 15) is 0 Å². The summed E-state index contributed by atoms with van der Waals surface area (Å²) in [6.07, 6.45) is 3.77. The van der Waals surface area contributed by atoms with Crippen molar-refractivity contribution < 1.29 is 0 Å². The molecule has 2 unspecified atom stereocenters. The normalized spacial score (nSPS) is 29.3. The second-order valence-corrected chi connectivity index (χ2v) is 5.09. The highest BCUT2D eigenvalue weighted by atomic mass is 15.0. The summed E-state index contributed by atoms with van der Waals surface area (Å²) < 4.78 is 0. The van der Waals surface area contributed by atoms with Crippen LogP contribution in [0.4, 0.5) is 5.69 Å². The lowest BCUT2D eigenvalue weighted by Gasteiger charge is -2.35. The zero-order valence-corrected chi connectivity index (χ0v) is 10.3. The van der Waals surface area contributed by atoms with Gasteiger partial charge in [0.25, 0.3) is 0 Å². The molecule has 0 spiro atoms. The number of nitrogens with two attached hydrogens (primary N) is 1. The van der Waals surface area contributed by atoms with E-state index >= 15 is 0 Å². The van der Waals surface area contributed by atoms with Gasteiger partial charge in [0.05, 0.1) is 5.54 Å². The first-order valence-corrected chi connectivity index (χ1v) is 6.22. The van der Waals surface area contributed by atoms with Crippen molar-refractivity contribution >= 4 is 5.69 Å². The number of anilines is 1. The third kappa shape index (κ3) is 1.94. The van der Waals surface area contributed by atoms with Crippen molar-refractivity contribution in [1.82, 2.24) is 0 Å². The molecule has 0 amide bonds. The average molecular weight is 218 g/mol. The average Bonchev–Trinajstić information content (AvgIpc) is 2.64. The van der Waals surface area contributed by atoms with Crippen LogP contribution >= 0.6 is 0 Å². The molecule has 1 aromatic rings. The van der Waals surface area contributed by atoms with Crippen LogP contribution in [0, 0.1) is 12.8 Å². The number of benzene rings is 1. The lowest BCUT2D eigenvalue weighted by Crippen LogP contribution is -2.47. The number of hydrogen-bond acceptors (Lipinski definition) is 2. The number of nitrogens with one attached hydrogen (secondary N) is 1. The van der Waals surface area contributed by atoms with Crippen molar-refractivity contribution in [2.24, 2.45) is 11.7 Å². The second-order valence-electron chi connectivity index (χ2n) is 5.09. The molecule has 0 aliphatic heterocycles. The fraction of sp³-hybridized carbons (Fsp3) is 0.571. The van der Waals surface area contributed by atoms with Gasteiger partial charge in [0.1, 0.15) is 0 Å². The number of hydrogen-bond donors (Lipinski definition) is 2. The molecule has 16 heavy (non-hydrogen) atoms. The summed E-state index contributed by atoms with van der Waals surface area (Å²) >= 11 is 0. The fourth-order valence-corrected chi connectivity index (χ4v) is 2.77. The maximum Gasteiger partial charge on any atom is 0.0521 e. The molecule has 0 saturated heterocycles. The van der Waals surface area contributed by atoms with E-state index in [1.54, 1.807) is 0 Å². The molecule has 2 heteroatoms. The summed E-state index contributed by atoms with van der Waals surface area (Å²) in [5.74, 6) is 0.664. The van der Waals surface area contributed by atoms with Gasteiger partial charge in [-0.2, -0.15) is 0 Å². The first-order chi connectivity index (χ1) is 7.68. The molecule has 2 nitrogen and oxygen atoms in total. The Kier molecular flexibility index (Phi) is 3.20. The number of rotatable bonds is 3. The largest absolute Gasteiger partial charge is 0.378 e. The van der Waals surface area contributed by atoms with Crippen LogP contribution in [0.25, 0.3) is 0 Å². The maximum atomic E-state index is 5.99. The Balaban J connectivity index is 2.22. The van der Waals surface area contributed by atoms with Crippen LogP contribution in [-0.2, 0) is 0 Å². The van der Waals surface area contributed by atoms with E-state index in [0.29, 0.717) is 5.92 Å². The smallest absolute Gasteiger partial charge is 0.0521 e. The standard InChI is InChI=1S/C14H22N2/c1-11-6-3-4-8-13(11)16-14(10-15)9-5-7-12(14)2/h3-4,6,8,12,16H,5,7,9-10,15H2,1-2H3. The molecule has 0 aromatic heterocycles. The second kappa shape index (κ2) is 4.46. The van der Waals surface area contributed by atoms with Crippen LogP contribution in [0.15, 0.2) is 24.3 Å². The molecule has 1 saturated carbocycles. The summed E-state index contributed by atoms with van der Waals surface area (Å²) in [6, 6.07) is 8.46. The Labute approximate surface area is 98.2 Å². The Hall–Kier alpha value is -1.02. The molecule has 3 N–H and O–H groups in total. The Morgan fingerprint density at radius 1 is 1.44 bits per heavy atom. The summed E-state index contributed by atoms with van der Waals surface area (Å²) in [6.45, 7) is 5.18. The summed E-state index contributed by atoms with van der Waals surface area (Å²) in [5, 5.41) is 3.70. The van der Waals surface area contributed by atoms with Gasteiger partial charge in [0.2, 0.25) is 0 Å². The lowest BCUT2D eigenvalue weighted by atomic mass is 9.88. The van der Waals surface area contributed by atoms with Gasteiger partial charge in [-0.25, -0.2) is 0 Å². The Bertz CT molecular complexity index is 362. The van der Waals surface area contributed by atoms with Gasteiger partial charge in [-0.3, -0.25) is 0 Å². The summed E-state index contributed by atoms with van der Waals surface area (Å²) in [4.78, 5) is 0. The third-order valence-electron chi connectivity index (χ3n) is 4.10. The minimum Gasteiger partial charge on any atom is -0.378 e. The zero-order chi connectivity index (χ0) is 11.6. The number of para-hydroxylation sites is 1. The van der Waals surface area contributed by atoms with Gasteiger partial charge in [-0.1, -0.05) is 31.5 Å². The van der Waals surface area contributed by atoms with Crippen molar-refractivity contribution in [2.45, 2.75) is 38.6 Å². The third-order valence-corrected chi connectivity index (χ3v) is 4.10. The maximum absolute atomic E-state index is 5.99. The van der Waals surface area contributed by atoms with Crippen LogP contribution in [0.1, 0.15) is 31.7 Å². The van der Waals surface area contributed by atoms with E-state index in [4.69, 9.17) is 5.73 Å². The quantitative estimate of drug-likeness (QED) is 0.818.